The van der Waals surface area contributed by atoms with Gasteiger partial charge in [-0.2, -0.15) is 0 Å². The summed E-state index contributed by atoms with van der Waals surface area (Å²) in [6.07, 6.45) is 0.999. The molecule has 0 saturated carbocycles. The van der Waals surface area contributed by atoms with Gasteiger partial charge in [-0.3, -0.25) is 0 Å². The fraction of sp³-hybridized carbons (Fsp3) is 1.00. The average molecular weight is 160 g/mol. The SMILES string of the molecule is CC(C)OC1OCCCC1O. The number of aliphatic hydroxyl groups excluding tert-OH is 1. The molecule has 3 heteroatoms. The van der Waals surface area contributed by atoms with Crippen LogP contribution < -0.4 is 0 Å². The van der Waals surface area contributed by atoms with Crippen LogP contribution in [0.5, 0.6) is 0 Å². The minimum absolute atomic E-state index is 0.118. The van der Waals surface area contributed by atoms with Gasteiger partial charge in [-0.1, -0.05) is 0 Å². The molecule has 11 heavy (non-hydrogen) atoms. The highest BCUT2D eigenvalue weighted by atomic mass is 16.7. The third-order valence-electron chi connectivity index (χ3n) is 1.65. The zero-order valence-corrected chi connectivity index (χ0v) is 7.12. The summed E-state index contributed by atoms with van der Waals surface area (Å²) in [5, 5.41) is 9.37. The van der Waals surface area contributed by atoms with Crippen molar-refractivity contribution in [2.75, 3.05) is 6.61 Å². The average Bonchev–Trinajstić information content (AvgIpc) is 1.93. The lowest BCUT2D eigenvalue weighted by Crippen LogP contribution is -2.37. The molecule has 0 aromatic rings. The molecule has 1 rings (SSSR count). The third kappa shape index (κ3) is 2.77. The summed E-state index contributed by atoms with van der Waals surface area (Å²) in [4.78, 5) is 0. The molecule has 3 nitrogen and oxygen atoms in total. The second kappa shape index (κ2) is 4.04. The highest BCUT2D eigenvalue weighted by Crippen LogP contribution is 2.15. The largest absolute Gasteiger partial charge is 0.388 e. The van der Waals surface area contributed by atoms with Crippen LogP contribution in [-0.2, 0) is 9.47 Å². The van der Waals surface area contributed by atoms with E-state index in [2.05, 4.69) is 0 Å². The first-order valence-corrected chi connectivity index (χ1v) is 4.15. The predicted octanol–water partition coefficient (Wildman–Crippen LogP) is 0.909. The molecule has 0 aliphatic carbocycles. The Hall–Kier alpha value is -0.120. The summed E-state index contributed by atoms with van der Waals surface area (Å²) in [5.74, 6) is 0. The Morgan fingerprint density at radius 1 is 1.55 bits per heavy atom. The second-order valence-electron chi connectivity index (χ2n) is 3.13. The molecule has 2 unspecified atom stereocenters. The summed E-state index contributed by atoms with van der Waals surface area (Å²) in [6, 6.07) is 0. The van der Waals surface area contributed by atoms with Crippen molar-refractivity contribution >= 4 is 0 Å². The van der Waals surface area contributed by atoms with E-state index >= 15 is 0 Å². The minimum Gasteiger partial charge on any atom is -0.388 e. The van der Waals surface area contributed by atoms with Gasteiger partial charge in [-0.15, -0.1) is 0 Å². The highest BCUT2D eigenvalue weighted by molar-refractivity contribution is 4.66. The maximum absolute atomic E-state index is 9.37. The van der Waals surface area contributed by atoms with E-state index in [1.54, 1.807) is 0 Å². The van der Waals surface area contributed by atoms with E-state index in [0.29, 0.717) is 6.61 Å². The van der Waals surface area contributed by atoms with E-state index in [1.165, 1.54) is 0 Å². The van der Waals surface area contributed by atoms with Crippen molar-refractivity contribution in [3.63, 3.8) is 0 Å². The van der Waals surface area contributed by atoms with Crippen LogP contribution in [-0.4, -0.2) is 30.2 Å². The second-order valence-corrected chi connectivity index (χ2v) is 3.13. The highest BCUT2D eigenvalue weighted by Gasteiger charge is 2.24. The molecule has 2 atom stereocenters. The normalized spacial score (nSPS) is 32.7. The van der Waals surface area contributed by atoms with Crippen LogP contribution in [0.2, 0.25) is 0 Å². The molecule has 1 heterocycles. The third-order valence-corrected chi connectivity index (χ3v) is 1.65. The first kappa shape index (κ1) is 8.97. The smallest absolute Gasteiger partial charge is 0.183 e. The van der Waals surface area contributed by atoms with Gasteiger partial charge in [0.1, 0.15) is 6.10 Å². The van der Waals surface area contributed by atoms with E-state index < -0.39 is 12.4 Å². The Bertz CT molecular complexity index is 114. The maximum atomic E-state index is 9.37. The van der Waals surface area contributed by atoms with Gasteiger partial charge in [0.25, 0.3) is 0 Å². The van der Waals surface area contributed by atoms with Crippen molar-refractivity contribution in [1.82, 2.24) is 0 Å². The molecule has 1 saturated heterocycles. The summed E-state index contributed by atoms with van der Waals surface area (Å²) in [5.41, 5.74) is 0. The lowest BCUT2D eigenvalue weighted by molar-refractivity contribution is -0.228. The molecule has 0 radical (unpaired) electrons. The number of rotatable bonds is 2. The summed E-state index contributed by atoms with van der Waals surface area (Å²) < 4.78 is 10.6. The van der Waals surface area contributed by atoms with Crippen molar-refractivity contribution < 1.29 is 14.6 Å². The van der Waals surface area contributed by atoms with Crippen LogP contribution in [0, 0.1) is 0 Å². The standard InChI is InChI=1S/C8H16O3/c1-6(2)11-8-7(9)4-3-5-10-8/h6-9H,3-5H2,1-2H3. The molecular formula is C8H16O3. The Morgan fingerprint density at radius 3 is 2.82 bits per heavy atom. The fourth-order valence-electron chi connectivity index (χ4n) is 1.14. The lowest BCUT2D eigenvalue weighted by atomic mass is 10.1. The quantitative estimate of drug-likeness (QED) is 0.652. The predicted molar refractivity (Wildman–Crippen MR) is 41.2 cm³/mol. The molecule has 0 aromatic heterocycles. The summed E-state index contributed by atoms with van der Waals surface area (Å²) in [6.45, 7) is 4.57. The van der Waals surface area contributed by atoms with E-state index in [1.807, 2.05) is 13.8 Å². The molecule has 1 aliphatic heterocycles. The first-order valence-electron chi connectivity index (χ1n) is 4.15. The molecule has 0 amide bonds. The monoisotopic (exact) mass is 160 g/mol. The van der Waals surface area contributed by atoms with Crippen LogP contribution in [0.1, 0.15) is 26.7 Å². The zero-order valence-electron chi connectivity index (χ0n) is 7.12. The fourth-order valence-corrected chi connectivity index (χ4v) is 1.14. The topological polar surface area (TPSA) is 38.7 Å². The van der Waals surface area contributed by atoms with Crippen LogP contribution in [0.25, 0.3) is 0 Å². The molecule has 1 N–H and O–H groups in total. The van der Waals surface area contributed by atoms with Crippen LogP contribution in [0.4, 0.5) is 0 Å². The molecule has 1 aliphatic rings. The van der Waals surface area contributed by atoms with Crippen LogP contribution in [0.15, 0.2) is 0 Å². The van der Waals surface area contributed by atoms with E-state index in [0.717, 1.165) is 12.8 Å². The Labute approximate surface area is 67.3 Å². The van der Waals surface area contributed by atoms with Gasteiger partial charge >= 0.3 is 0 Å². The first-order chi connectivity index (χ1) is 5.20. The van der Waals surface area contributed by atoms with Gasteiger partial charge in [0.2, 0.25) is 0 Å². The summed E-state index contributed by atoms with van der Waals surface area (Å²) in [7, 11) is 0. The zero-order chi connectivity index (χ0) is 8.27. The van der Waals surface area contributed by atoms with Gasteiger partial charge < -0.3 is 14.6 Å². The molecule has 0 aromatic carbocycles. The lowest BCUT2D eigenvalue weighted by Gasteiger charge is -2.29. The van der Waals surface area contributed by atoms with Crippen molar-refractivity contribution in [3.05, 3.63) is 0 Å². The van der Waals surface area contributed by atoms with Crippen molar-refractivity contribution in [3.8, 4) is 0 Å². The Balaban J connectivity index is 2.29. The van der Waals surface area contributed by atoms with Crippen molar-refractivity contribution in [2.45, 2.75) is 45.2 Å². The minimum atomic E-state index is -0.439. The number of ether oxygens (including phenoxy) is 2. The molecule has 0 spiro atoms. The van der Waals surface area contributed by atoms with Gasteiger partial charge in [-0.25, -0.2) is 0 Å². The van der Waals surface area contributed by atoms with Crippen LogP contribution >= 0.6 is 0 Å². The number of hydrogen-bond acceptors (Lipinski definition) is 3. The number of hydrogen-bond donors (Lipinski definition) is 1. The molecule has 0 bridgehead atoms. The maximum Gasteiger partial charge on any atom is 0.183 e. The van der Waals surface area contributed by atoms with E-state index in [-0.39, 0.29) is 6.10 Å². The number of aliphatic hydroxyl groups is 1. The van der Waals surface area contributed by atoms with E-state index in [4.69, 9.17) is 9.47 Å². The summed E-state index contributed by atoms with van der Waals surface area (Å²) >= 11 is 0. The van der Waals surface area contributed by atoms with Crippen molar-refractivity contribution in [1.29, 1.82) is 0 Å². The van der Waals surface area contributed by atoms with Crippen molar-refractivity contribution in [2.24, 2.45) is 0 Å². The Kier molecular flexibility index (Phi) is 3.30. The molecular weight excluding hydrogens is 144 g/mol. The van der Waals surface area contributed by atoms with Gasteiger partial charge in [0, 0.05) is 6.61 Å². The molecule has 66 valence electrons. The Morgan fingerprint density at radius 2 is 2.27 bits per heavy atom. The van der Waals surface area contributed by atoms with Gasteiger partial charge in [-0.05, 0) is 26.7 Å². The molecule has 1 fully saturated rings. The van der Waals surface area contributed by atoms with Gasteiger partial charge in [0.05, 0.1) is 6.10 Å². The van der Waals surface area contributed by atoms with Crippen LogP contribution in [0.3, 0.4) is 0 Å². The van der Waals surface area contributed by atoms with E-state index in [9.17, 15) is 5.11 Å². The van der Waals surface area contributed by atoms with Gasteiger partial charge in [0.15, 0.2) is 6.29 Å².